The van der Waals surface area contributed by atoms with Crippen LogP contribution in [-0.2, 0) is 0 Å². The summed E-state index contributed by atoms with van der Waals surface area (Å²) in [4.78, 5) is 19.6. The number of benzene rings is 1. The maximum atomic E-state index is 11.8. The van der Waals surface area contributed by atoms with Crippen molar-refractivity contribution in [3.8, 4) is 0 Å². The lowest BCUT2D eigenvalue weighted by molar-refractivity contribution is 0.102. The van der Waals surface area contributed by atoms with Gasteiger partial charge in [-0.25, -0.2) is 9.97 Å². The number of carbonyl (C=O) groups excluding carboxylic acids is 1. The minimum absolute atomic E-state index is 0.221. The molecule has 4 nitrogen and oxygen atoms in total. The Morgan fingerprint density at radius 2 is 1.88 bits per heavy atom. The molecule has 0 bridgehead atoms. The van der Waals surface area contributed by atoms with Gasteiger partial charge in [0.15, 0.2) is 5.82 Å². The fourth-order valence-electron chi connectivity index (χ4n) is 1.27. The third kappa shape index (κ3) is 3.01. The Morgan fingerprint density at radius 3 is 2.47 bits per heavy atom. The number of amides is 1. The lowest BCUT2D eigenvalue weighted by atomic mass is 10.1. The topological polar surface area (TPSA) is 54.9 Å². The van der Waals surface area contributed by atoms with E-state index in [1.54, 1.807) is 12.1 Å². The van der Waals surface area contributed by atoms with E-state index >= 15 is 0 Å². The molecule has 1 aromatic heterocycles. The summed E-state index contributed by atoms with van der Waals surface area (Å²) in [6.07, 6.45) is 2.79. The predicted molar refractivity (Wildman–Crippen MR) is 66.2 cm³/mol. The second kappa shape index (κ2) is 4.93. The van der Waals surface area contributed by atoms with Crippen LogP contribution in [0.3, 0.4) is 0 Å². The maximum absolute atomic E-state index is 11.8. The molecule has 0 fully saturated rings. The average molecular weight is 248 g/mol. The molecule has 0 atom stereocenters. The van der Waals surface area contributed by atoms with Gasteiger partial charge in [-0.15, -0.1) is 0 Å². The van der Waals surface area contributed by atoms with Crippen molar-refractivity contribution in [2.45, 2.75) is 6.92 Å². The number of anilines is 1. The van der Waals surface area contributed by atoms with Gasteiger partial charge < -0.3 is 5.32 Å². The molecule has 0 saturated carbocycles. The largest absolute Gasteiger partial charge is 0.305 e. The van der Waals surface area contributed by atoms with Gasteiger partial charge in [-0.3, -0.25) is 4.79 Å². The first kappa shape index (κ1) is 11.5. The Morgan fingerprint density at radius 1 is 1.18 bits per heavy atom. The SMILES string of the molecule is Cc1ccc(C(=O)Nc2cnc(Cl)cn2)cc1. The molecule has 86 valence electrons. The van der Waals surface area contributed by atoms with E-state index in [4.69, 9.17) is 11.6 Å². The second-order valence-electron chi connectivity index (χ2n) is 3.54. The lowest BCUT2D eigenvalue weighted by Crippen LogP contribution is -2.12. The van der Waals surface area contributed by atoms with E-state index in [1.165, 1.54) is 12.4 Å². The zero-order valence-corrected chi connectivity index (χ0v) is 9.90. The van der Waals surface area contributed by atoms with Crippen molar-refractivity contribution in [1.82, 2.24) is 9.97 Å². The first-order valence-corrected chi connectivity index (χ1v) is 5.38. The number of nitrogens with one attached hydrogen (secondary N) is 1. The minimum atomic E-state index is -0.221. The Bertz CT molecular complexity index is 522. The van der Waals surface area contributed by atoms with Gasteiger partial charge in [0.2, 0.25) is 0 Å². The summed E-state index contributed by atoms with van der Waals surface area (Å²) in [5, 5.41) is 2.92. The van der Waals surface area contributed by atoms with Gasteiger partial charge in [0, 0.05) is 5.56 Å². The number of hydrogen-bond acceptors (Lipinski definition) is 3. The maximum Gasteiger partial charge on any atom is 0.256 e. The summed E-state index contributed by atoms with van der Waals surface area (Å²) in [6.45, 7) is 1.96. The van der Waals surface area contributed by atoms with Gasteiger partial charge in [0.05, 0.1) is 12.4 Å². The highest BCUT2D eigenvalue weighted by atomic mass is 35.5. The van der Waals surface area contributed by atoms with Crippen LogP contribution in [0.25, 0.3) is 0 Å². The van der Waals surface area contributed by atoms with Crippen molar-refractivity contribution < 1.29 is 4.79 Å². The fourth-order valence-corrected chi connectivity index (χ4v) is 1.37. The van der Waals surface area contributed by atoms with E-state index in [0.29, 0.717) is 16.5 Å². The molecule has 0 unspecified atom stereocenters. The quantitative estimate of drug-likeness (QED) is 0.888. The zero-order chi connectivity index (χ0) is 12.3. The molecule has 0 aliphatic heterocycles. The van der Waals surface area contributed by atoms with Crippen molar-refractivity contribution in [2.75, 3.05) is 5.32 Å². The highest BCUT2D eigenvalue weighted by Gasteiger charge is 2.06. The molecule has 0 aliphatic rings. The predicted octanol–water partition coefficient (Wildman–Crippen LogP) is 2.69. The number of nitrogens with zero attached hydrogens (tertiary/aromatic N) is 2. The van der Waals surface area contributed by atoms with Crippen LogP contribution in [0.4, 0.5) is 5.82 Å². The molecule has 1 N–H and O–H groups in total. The van der Waals surface area contributed by atoms with Crippen LogP contribution >= 0.6 is 11.6 Å². The zero-order valence-electron chi connectivity index (χ0n) is 9.14. The molecule has 0 saturated heterocycles. The summed E-state index contributed by atoms with van der Waals surface area (Å²) in [7, 11) is 0. The van der Waals surface area contributed by atoms with Crippen molar-refractivity contribution >= 4 is 23.3 Å². The molecule has 0 spiro atoms. The van der Waals surface area contributed by atoms with Crippen molar-refractivity contribution in [3.05, 3.63) is 52.9 Å². The lowest BCUT2D eigenvalue weighted by Gasteiger charge is -2.04. The molecule has 17 heavy (non-hydrogen) atoms. The molecule has 0 radical (unpaired) electrons. The van der Waals surface area contributed by atoms with Gasteiger partial charge >= 0.3 is 0 Å². The summed E-state index contributed by atoms with van der Waals surface area (Å²) >= 11 is 5.60. The number of aromatic nitrogens is 2. The first-order valence-electron chi connectivity index (χ1n) is 5.01. The van der Waals surface area contributed by atoms with Crippen LogP contribution in [0.2, 0.25) is 5.15 Å². The Kier molecular flexibility index (Phi) is 3.35. The Labute approximate surface area is 104 Å². The highest BCUT2D eigenvalue weighted by molar-refractivity contribution is 6.29. The monoisotopic (exact) mass is 247 g/mol. The second-order valence-corrected chi connectivity index (χ2v) is 3.93. The van der Waals surface area contributed by atoms with Gasteiger partial charge in [0.1, 0.15) is 5.15 Å². The van der Waals surface area contributed by atoms with Crippen LogP contribution in [-0.4, -0.2) is 15.9 Å². The van der Waals surface area contributed by atoms with Gasteiger partial charge in [-0.1, -0.05) is 29.3 Å². The van der Waals surface area contributed by atoms with E-state index in [-0.39, 0.29) is 5.91 Å². The standard InChI is InChI=1S/C12H10ClN3O/c1-8-2-4-9(5-3-8)12(17)16-11-7-14-10(13)6-15-11/h2-7H,1H3,(H,15,16,17). The molecular formula is C12H10ClN3O. The fraction of sp³-hybridized carbons (Fsp3) is 0.0833. The van der Waals surface area contributed by atoms with E-state index in [9.17, 15) is 4.79 Å². The first-order chi connectivity index (χ1) is 8.15. The molecule has 0 aliphatic carbocycles. The molecule has 1 amide bonds. The normalized spacial score (nSPS) is 10.0. The molecule has 2 aromatic rings. The number of halogens is 1. The summed E-state index contributed by atoms with van der Waals surface area (Å²) in [5.41, 5.74) is 1.68. The minimum Gasteiger partial charge on any atom is -0.305 e. The van der Waals surface area contributed by atoms with Crippen LogP contribution in [0.15, 0.2) is 36.7 Å². The van der Waals surface area contributed by atoms with Crippen molar-refractivity contribution in [2.24, 2.45) is 0 Å². The average Bonchev–Trinajstić information content (AvgIpc) is 2.33. The van der Waals surface area contributed by atoms with Crippen molar-refractivity contribution in [1.29, 1.82) is 0 Å². The molecule has 5 heteroatoms. The Hall–Kier alpha value is -1.94. The van der Waals surface area contributed by atoms with Crippen LogP contribution in [0, 0.1) is 6.92 Å². The molecule has 1 heterocycles. The van der Waals surface area contributed by atoms with E-state index in [1.807, 2.05) is 19.1 Å². The smallest absolute Gasteiger partial charge is 0.256 e. The molecule has 2 rings (SSSR count). The summed E-state index contributed by atoms with van der Waals surface area (Å²) in [5.74, 6) is 0.154. The van der Waals surface area contributed by atoms with Crippen molar-refractivity contribution in [3.63, 3.8) is 0 Å². The number of carbonyl (C=O) groups is 1. The van der Waals surface area contributed by atoms with Gasteiger partial charge in [-0.2, -0.15) is 0 Å². The van der Waals surface area contributed by atoms with E-state index < -0.39 is 0 Å². The van der Waals surface area contributed by atoms with E-state index in [0.717, 1.165) is 5.56 Å². The molecule has 1 aromatic carbocycles. The third-order valence-corrected chi connectivity index (χ3v) is 2.37. The number of rotatable bonds is 2. The third-order valence-electron chi connectivity index (χ3n) is 2.18. The summed E-state index contributed by atoms with van der Waals surface area (Å²) < 4.78 is 0. The highest BCUT2D eigenvalue weighted by Crippen LogP contribution is 2.08. The molecular weight excluding hydrogens is 238 g/mol. The number of hydrogen-bond donors (Lipinski definition) is 1. The van der Waals surface area contributed by atoms with E-state index in [2.05, 4.69) is 15.3 Å². The van der Waals surface area contributed by atoms with Crippen LogP contribution in [0.1, 0.15) is 15.9 Å². The summed E-state index contributed by atoms with van der Waals surface area (Å²) in [6, 6.07) is 7.27. The van der Waals surface area contributed by atoms with Gasteiger partial charge in [0.25, 0.3) is 5.91 Å². The van der Waals surface area contributed by atoms with Gasteiger partial charge in [-0.05, 0) is 19.1 Å². The van der Waals surface area contributed by atoms with Crippen LogP contribution < -0.4 is 5.32 Å². The van der Waals surface area contributed by atoms with Crippen LogP contribution in [0.5, 0.6) is 0 Å². The Balaban J connectivity index is 2.11. The number of aryl methyl sites for hydroxylation is 1.